The van der Waals surface area contributed by atoms with E-state index in [0.29, 0.717) is 22.8 Å². The smallest absolute Gasteiger partial charge is 0.411 e. The van der Waals surface area contributed by atoms with Gasteiger partial charge in [0, 0.05) is 45.3 Å². The number of benzene rings is 2. The number of piperidine rings is 1. The highest BCUT2D eigenvalue weighted by Gasteiger charge is 2.24. The summed E-state index contributed by atoms with van der Waals surface area (Å²) in [6.45, 7) is 5.31. The molecule has 1 aromatic heterocycles. The van der Waals surface area contributed by atoms with Gasteiger partial charge >= 0.3 is 6.09 Å². The highest BCUT2D eigenvalue weighted by Crippen LogP contribution is 2.28. The number of thiophene rings is 1. The topological polar surface area (TPSA) is 91.0 Å². The molecule has 0 aliphatic carbocycles. The summed E-state index contributed by atoms with van der Waals surface area (Å²) in [6.07, 6.45) is 0.895. The molecule has 8 nitrogen and oxygen atoms in total. The summed E-state index contributed by atoms with van der Waals surface area (Å²) in [6, 6.07) is 21.0. The summed E-state index contributed by atoms with van der Waals surface area (Å²) in [5.74, 6) is -0.241. The molecule has 0 radical (unpaired) electrons. The van der Waals surface area contributed by atoms with Crippen molar-refractivity contribution >= 4 is 34.9 Å². The summed E-state index contributed by atoms with van der Waals surface area (Å²) in [5, 5.41) is 5.66. The lowest BCUT2D eigenvalue weighted by Crippen LogP contribution is -2.42. The van der Waals surface area contributed by atoms with E-state index in [1.807, 2.05) is 61.5 Å². The highest BCUT2D eigenvalue weighted by atomic mass is 32.1. The molecule has 1 aliphatic rings. The normalized spacial score (nSPS) is 14.1. The van der Waals surface area contributed by atoms with Gasteiger partial charge in [-0.05, 0) is 43.5 Å². The van der Waals surface area contributed by atoms with Crippen molar-refractivity contribution in [2.75, 3.05) is 45.1 Å². The van der Waals surface area contributed by atoms with E-state index in [0.717, 1.165) is 49.3 Å². The van der Waals surface area contributed by atoms with Crippen molar-refractivity contribution in [1.82, 2.24) is 15.1 Å². The number of nitrogens with one attached hydrogen (secondary N) is 2. The molecule has 3 aromatic rings. The highest BCUT2D eigenvalue weighted by molar-refractivity contribution is 7.15. The van der Waals surface area contributed by atoms with E-state index < -0.39 is 6.09 Å². The molecule has 0 bridgehead atoms. The van der Waals surface area contributed by atoms with Crippen LogP contribution in [0.25, 0.3) is 11.1 Å². The Morgan fingerprint density at radius 1 is 0.974 bits per heavy atom. The van der Waals surface area contributed by atoms with Crippen LogP contribution in [0.4, 0.5) is 10.5 Å². The van der Waals surface area contributed by atoms with E-state index in [1.165, 1.54) is 11.3 Å². The molecular formula is C29H34N4O4S. The Bertz CT molecular complexity index is 1240. The van der Waals surface area contributed by atoms with Gasteiger partial charge in [-0.25, -0.2) is 4.79 Å². The molecule has 3 amide bonds. The van der Waals surface area contributed by atoms with Crippen molar-refractivity contribution in [3.8, 4) is 11.1 Å². The summed E-state index contributed by atoms with van der Waals surface area (Å²) in [4.78, 5) is 42.4. The number of likely N-dealkylation sites (tertiary alicyclic amines) is 1. The molecule has 200 valence electrons. The molecule has 2 N–H and O–H groups in total. The van der Waals surface area contributed by atoms with Crippen LogP contribution in [0.1, 0.15) is 39.1 Å². The van der Waals surface area contributed by atoms with Gasteiger partial charge in [0.2, 0.25) is 0 Å². The predicted molar refractivity (Wildman–Crippen MR) is 151 cm³/mol. The Morgan fingerprint density at radius 3 is 2.39 bits per heavy atom. The molecule has 0 saturated carbocycles. The van der Waals surface area contributed by atoms with Gasteiger partial charge in [-0.3, -0.25) is 14.9 Å². The molecule has 1 saturated heterocycles. The maximum absolute atomic E-state index is 12.8. The predicted octanol–water partition coefficient (Wildman–Crippen LogP) is 4.95. The Balaban J connectivity index is 1.20. The first-order valence-corrected chi connectivity index (χ1v) is 13.7. The van der Waals surface area contributed by atoms with Gasteiger partial charge in [0.25, 0.3) is 11.8 Å². The lowest BCUT2D eigenvalue weighted by Gasteiger charge is -2.32. The summed E-state index contributed by atoms with van der Waals surface area (Å²) in [5.41, 5.74) is 2.70. The minimum Gasteiger partial charge on any atom is -0.446 e. The lowest BCUT2D eigenvalue weighted by molar-refractivity contribution is 0.0541. The van der Waals surface area contributed by atoms with Gasteiger partial charge in [-0.2, -0.15) is 0 Å². The molecule has 2 aromatic carbocycles. The number of nitrogens with zero attached hydrogens (tertiary/aromatic N) is 2. The van der Waals surface area contributed by atoms with Crippen LogP contribution in [0.3, 0.4) is 0 Å². The second-order valence-corrected chi connectivity index (χ2v) is 10.3. The minimum absolute atomic E-state index is 0.0868. The quantitative estimate of drug-likeness (QED) is 0.405. The molecule has 38 heavy (non-hydrogen) atoms. The monoisotopic (exact) mass is 534 g/mol. The fraction of sp³-hybridized carbons (Fsp3) is 0.345. The number of carbonyl (C=O) groups is 3. The van der Waals surface area contributed by atoms with Crippen molar-refractivity contribution in [3.05, 3.63) is 76.5 Å². The van der Waals surface area contributed by atoms with Crippen LogP contribution in [-0.4, -0.2) is 73.6 Å². The van der Waals surface area contributed by atoms with Crippen LogP contribution in [0.15, 0.2) is 66.7 Å². The second-order valence-electron chi connectivity index (χ2n) is 9.23. The van der Waals surface area contributed by atoms with Crippen LogP contribution in [0.5, 0.6) is 0 Å². The number of likely N-dealkylation sites (N-methyl/N-ethyl adjacent to an activating group) is 1. The number of hydrogen-bond donors (Lipinski definition) is 2. The average molecular weight is 535 g/mol. The van der Waals surface area contributed by atoms with E-state index in [-0.39, 0.29) is 17.9 Å². The summed E-state index contributed by atoms with van der Waals surface area (Å²) >= 11 is 1.21. The van der Waals surface area contributed by atoms with Gasteiger partial charge in [0.15, 0.2) is 0 Å². The lowest BCUT2D eigenvalue weighted by atomic mass is 10.0. The third-order valence-electron chi connectivity index (χ3n) is 6.53. The Morgan fingerprint density at radius 2 is 1.66 bits per heavy atom. The van der Waals surface area contributed by atoms with Crippen LogP contribution in [0, 0.1) is 0 Å². The first-order chi connectivity index (χ1) is 18.4. The zero-order valence-electron chi connectivity index (χ0n) is 21.8. The SMILES string of the molecule is CCNC(=O)c1ccc(C(=O)N(C)CCN2CCC(OC(=O)Nc3ccccc3-c3ccccc3)CC2)s1. The molecule has 1 aliphatic heterocycles. The van der Waals surface area contributed by atoms with Crippen LogP contribution < -0.4 is 10.6 Å². The molecule has 4 rings (SSSR count). The Labute approximate surface area is 227 Å². The first kappa shape index (κ1) is 27.3. The number of hydrogen-bond acceptors (Lipinski definition) is 6. The number of anilines is 1. The number of ether oxygens (including phenoxy) is 1. The van der Waals surface area contributed by atoms with Crippen LogP contribution >= 0.6 is 11.3 Å². The maximum Gasteiger partial charge on any atom is 0.411 e. The van der Waals surface area contributed by atoms with Crippen molar-refractivity contribution in [2.45, 2.75) is 25.9 Å². The Hall–Kier alpha value is -3.69. The summed E-state index contributed by atoms with van der Waals surface area (Å²) < 4.78 is 5.72. The number of para-hydroxylation sites is 1. The fourth-order valence-electron chi connectivity index (χ4n) is 4.41. The first-order valence-electron chi connectivity index (χ1n) is 12.9. The van der Waals surface area contributed by atoms with Gasteiger partial charge in [-0.1, -0.05) is 48.5 Å². The van der Waals surface area contributed by atoms with Crippen molar-refractivity contribution < 1.29 is 19.1 Å². The number of carbonyl (C=O) groups excluding carboxylic acids is 3. The maximum atomic E-state index is 12.8. The molecule has 9 heteroatoms. The van der Waals surface area contributed by atoms with Crippen molar-refractivity contribution in [1.29, 1.82) is 0 Å². The van der Waals surface area contributed by atoms with Gasteiger partial charge in [-0.15, -0.1) is 11.3 Å². The second kappa shape index (κ2) is 13.2. The van der Waals surface area contributed by atoms with Crippen LogP contribution in [-0.2, 0) is 4.74 Å². The van der Waals surface area contributed by atoms with E-state index in [4.69, 9.17) is 4.74 Å². The van der Waals surface area contributed by atoms with Crippen LogP contribution in [0.2, 0.25) is 0 Å². The molecule has 1 fully saturated rings. The standard InChI is InChI=1S/C29H34N4O4S/c1-3-30-27(34)25-13-14-26(38-25)28(35)32(2)19-20-33-17-15-22(16-18-33)37-29(36)31-24-12-8-7-11-23(24)21-9-5-4-6-10-21/h4-14,22H,3,15-20H2,1-2H3,(H,30,34)(H,31,36). The zero-order valence-corrected chi connectivity index (χ0v) is 22.6. The van der Waals surface area contributed by atoms with Crippen molar-refractivity contribution in [2.24, 2.45) is 0 Å². The average Bonchev–Trinajstić information content (AvgIpc) is 3.44. The van der Waals surface area contributed by atoms with Gasteiger partial charge < -0.3 is 19.9 Å². The van der Waals surface area contributed by atoms with Crippen molar-refractivity contribution in [3.63, 3.8) is 0 Å². The molecule has 2 heterocycles. The third-order valence-corrected chi connectivity index (χ3v) is 7.61. The molecule has 0 atom stereocenters. The Kier molecular flexibility index (Phi) is 9.51. The van der Waals surface area contributed by atoms with Gasteiger partial charge in [0.1, 0.15) is 6.10 Å². The van der Waals surface area contributed by atoms with Gasteiger partial charge in [0.05, 0.1) is 15.4 Å². The van der Waals surface area contributed by atoms with E-state index in [1.54, 1.807) is 24.1 Å². The molecule has 0 spiro atoms. The number of amides is 3. The number of rotatable bonds is 9. The van der Waals surface area contributed by atoms with E-state index in [2.05, 4.69) is 15.5 Å². The fourth-order valence-corrected chi connectivity index (χ4v) is 5.32. The largest absolute Gasteiger partial charge is 0.446 e. The zero-order chi connectivity index (χ0) is 26.9. The third kappa shape index (κ3) is 7.20. The minimum atomic E-state index is -0.444. The molecular weight excluding hydrogens is 500 g/mol. The summed E-state index contributed by atoms with van der Waals surface area (Å²) in [7, 11) is 1.78. The molecule has 0 unspecified atom stereocenters. The van der Waals surface area contributed by atoms with E-state index in [9.17, 15) is 14.4 Å². The van der Waals surface area contributed by atoms with E-state index >= 15 is 0 Å².